The summed E-state index contributed by atoms with van der Waals surface area (Å²) in [5.41, 5.74) is 0. The molecule has 0 aliphatic heterocycles. The average molecular weight is 228 g/mol. The van der Waals surface area contributed by atoms with Gasteiger partial charge in [0.25, 0.3) is 0 Å². The number of ether oxygens (including phenoxy) is 2. The van der Waals surface area contributed by atoms with Crippen molar-refractivity contribution < 1.29 is 23.8 Å². The molecule has 0 aliphatic carbocycles. The fraction of sp³-hybridized carbons (Fsp3) is 0.545. The molecule has 2 unspecified atom stereocenters. The van der Waals surface area contributed by atoms with Gasteiger partial charge < -0.3 is 19.0 Å². The van der Waals surface area contributed by atoms with Crippen LogP contribution < -0.4 is 0 Å². The van der Waals surface area contributed by atoms with E-state index in [1.54, 1.807) is 13.2 Å². The van der Waals surface area contributed by atoms with Gasteiger partial charge in [-0.25, -0.2) is 4.79 Å². The maximum Gasteiger partial charge on any atom is 0.373 e. The van der Waals surface area contributed by atoms with Gasteiger partial charge >= 0.3 is 5.97 Å². The first-order valence-electron chi connectivity index (χ1n) is 4.95. The Kier molecular flexibility index (Phi) is 4.52. The van der Waals surface area contributed by atoms with Gasteiger partial charge in [0.1, 0.15) is 11.9 Å². The highest BCUT2D eigenvalue weighted by atomic mass is 16.5. The molecule has 5 heteroatoms. The van der Waals surface area contributed by atoms with Crippen LogP contribution in [0.1, 0.15) is 29.3 Å². The quantitative estimate of drug-likeness (QED) is 0.771. The predicted molar refractivity (Wildman–Crippen MR) is 56.0 cm³/mol. The van der Waals surface area contributed by atoms with E-state index in [9.17, 15) is 9.90 Å². The van der Waals surface area contributed by atoms with Crippen molar-refractivity contribution in [3.05, 3.63) is 23.7 Å². The normalized spacial score (nSPS) is 14.5. The van der Waals surface area contributed by atoms with Crippen molar-refractivity contribution in [3.8, 4) is 0 Å². The van der Waals surface area contributed by atoms with E-state index in [1.807, 2.05) is 6.92 Å². The number of furan rings is 1. The molecular formula is C11H16O5. The topological polar surface area (TPSA) is 68.9 Å². The van der Waals surface area contributed by atoms with Gasteiger partial charge in [-0.15, -0.1) is 0 Å². The highest BCUT2D eigenvalue weighted by Crippen LogP contribution is 2.24. The van der Waals surface area contributed by atoms with Crippen molar-refractivity contribution in [1.29, 1.82) is 0 Å². The summed E-state index contributed by atoms with van der Waals surface area (Å²) in [7, 11) is 2.83. The molecule has 0 fully saturated rings. The second-order valence-corrected chi connectivity index (χ2v) is 3.57. The number of carbonyl (C=O) groups is 1. The minimum absolute atomic E-state index is 0.0844. The van der Waals surface area contributed by atoms with Crippen molar-refractivity contribution in [3.63, 3.8) is 0 Å². The number of rotatable bonds is 5. The predicted octanol–water partition coefficient (Wildman–Crippen LogP) is 1.38. The summed E-state index contributed by atoms with van der Waals surface area (Å²) >= 11 is 0. The zero-order valence-corrected chi connectivity index (χ0v) is 9.60. The maximum atomic E-state index is 11.1. The van der Waals surface area contributed by atoms with E-state index < -0.39 is 12.1 Å². The van der Waals surface area contributed by atoms with Crippen LogP contribution in [-0.2, 0) is 9.47 Å². The number of aliphatic hydroxyl groups is 1. The van der Waals surface area contributed by atoms with Crippen LogP contribution in [0.5, 0.6) is 0 Å². The number of methoxy groups -OCH3 is 2. The van der Waals surface area contributed by atoms with Crippen molar-refractivity contribution >= 4 is 5.97 Å². The minimum Gasteiger partial charge on any atom is -0.463 e. The van der Waals surface area contributed by atoms with Crippen LogP contribution in [0, 0.1) is 5.92 Å². The molecule has 1 aromatic rings. The Morgan fingerprint density at radius 3 is 2.75 bits per heavy atom. The molecule has 0 saturated carbocycles. The van der Waals surface area contributed by atoms with Gasteiger partial charge in [0, 0.05) is 13.0 Å². The smallest absolute Gasteiger partial charge is 0.373 e. The van der Waals surface area contributed by atoms with Gasteiger partial charge in [-0.3, -0.25) is 0 Å². The molecule has 0 bridgehead atoms. The summed E-state index contributed by atoms with van der Waals surface area (Å²) in [6.45, 7) is 2.24. The number of aliphatic hydroxyl groups excluding tert-OH is 1. The van der Waals surface area contributed by atoms with Gasteiger partial charge in [-0.1, -0.05) is 6.92 Å². The fourth-order valence-corrected chi connectivity index (χ4v) is 1.36. The Morgan fingerprint density at radius 1 is 1.50 bits per heavy atom. The molecule has 2 atom stereocenters. The van der Waals surface area contributed by atoms with Crippen molar-refractivity contribution in [2.45, 2.75) is 13.0 Å². The molecule has 0 saturated heterocycles. The third kappa shape index (κ3) is 2.84. The molecular weight excluding hydrogens is 212 g/mol. The lowest BCUT2D eigenvalue weighted by molar-refractivity contribution is 0.0393. The molecule has 16 heavy (non-hydrogen) atoms. The average Bonchev–Trinajstić information content (AvgIpc) is 2.76. The van der Waals surface area contributed by atoms with E-state index in [0.717, 1.165) is 0 Å². The van der Waals surface area contributed by atoms with E-state index in [2.05, 4.69) is 4.74 Å². The molecule has 1 heterocycles. The van der Waals surface area contributed by atoms with Crippen LogP contribution in [0.4, 0.5) is 0 Å². The Labute approximate surface area is 94.0 Å². The van der Waals surface area contributed by atoms with E-state index >= 15 is 0 Å². The lowest BCUT2D eigenvalue weighted by atomic mass is 10.0. The van der Waals surface area contributed by atoms with E-state index in [-0.39, 0.29) is 11.7 Å². The van der Waals surface area contributed by atoms with Crippen LogP contribution in [0.15, 0.2) is 16.5 Å². The van der Waals surface area contributed by atoms with Gasteiger partial charge in [0.2, 0.25) is 5.76 Å². The Bertz CT molecular complexity index is 344. The van der Waals surface area contributed by atoms with Gasteiger partial charge in [-0.05, 0) is 12.1 Å². The van der Waals surface area contributed by atoms with E-state index in [1.165, 1.54) is 13.2 Å². The summed E-state index contributed by atoms with van der Waals surface area (Å²) < 4.78 is 14.6. The van der Waals surface area contributed by atoms with Crippen LogP contribution in [0.3, 0.4) is 0 Å². The van der Waals surface area contributed by atoms with Crippen molar-refractivity contribution in [2.75, 3.05) is 20.8 Å². The van der Waals surface area contributed by atoms with E-state index in [0.29, 0.717) is 12.4 Å². The third-order valence-corrected chi connectivity index (χ3v) is 2.27. The SMILES string of the molecule is COCC(C)C(O)c1ccc(C(=O)OC)o1. The van der Waals surface area contributed by atoms with Crippen molar-refractivity contribution in [1.82, 2.24) is 0 Å². The number of carbonyl (C=O) groups excluding carboxylic acids is 1. The molecule has 0 spiro atoms. The van der Waals surface area contributed by atoms with Crippen LogP contribution >= 0.6 is 0 Å². The third-order valence-electron chi connectivity index (χ3n) is 2.27. The second kappa shape index (κ2) is 5.67. The molecule has 0 aromatic carbocycles. The summed E-state index contributed by atoms with van der Waals surface area (Å²) in [6.07, 6.45) is -0.793. The standard InChI is InChI=1S/C11H16O5/c1-7(6-14-2)10(12)8-4-5-9(16-8)11(13)15-3/h4-5,7,10,12H,6H2,1-3H3. The Hall–Kier alpha value is -1.33. The molecule has 1 N–H and O–H groups in total. The molecule has 90 valence electrons. The molecule has 1 aromatic heterocycles. The molecule has 5 nitrogen and oxygen atoms in total. The van der Waals surface area contributed by atoms with Crippen LogP contribution in [0.2, 0.25) is 0 Å². The minimum atomic E-state index is -0.793. The largest absolute Gasteiger partial charge is 0.463 e. The lowest BCUT2D eigenvalue weighted by Gasteiger charge is -2.15. The van der Waals surface area contributed by atoms with Crippen LogP contribution in [0.25, 0.3) is 0 Å². The second-order valence-electron chi connectivity index (χ2n) is 3.57. The molecule has 1 rings (SSSR count). The fourth-order valence-electron chi connectivity index (χ4n) is 1.36. The molecule has 0 amide bonds. The first kappa shape index (κ1) is 12.7. The van der Waals surface area contributed by atoms with Gasteiger partial charge in [0.05, 0.1) is 13.7 Å². The molecule has 0 radical (unpaired) electrons. The summed E-state index contributed by atoms with van der Waals surface area (Å²) in [5.74, 6) is -0.245. The molecule has 0 aliphatic rings. The zero-order chi connectivity index (χ0) is 12.1. The lowest BCUT2D eigenvalue weighted by Crippen LogP contribution is -2.13. The maximum absolute atomic E-state index is 11.1. The number of hydrogen-bond acceptors (Lipinski definition) is 5. The monoisotopic (exact) mass is 228 g/mol. The van der Waals surface area contributed by atoms with Crippen LogP contribution in [-0.4, -0.2) is 31.9 Å². The van der Waals surface area contributed by atoms with Gasteiger partial charge in [-0.2, -0.15) is 0 Å². The highest BCUT2D eigenvalue weighted by molar-refractivity contribution is 5.86. The number of hydrogen-bond donors (Lipinski definition) is 1. The highest BCUT2D eigenvalue weighted by Gasteiger charge is 2.21. The summed E-state index contributed by atoms with van der Waals surface area (Å²) in [4.78, 5) is 11.1. The Morgan fingerprint density at radius 2 is 2.19 bits per heavy atom. The first-order chi connectivity index (χ1) is 7.60. The van der Waals surface area contributed by atoms with E-state index in [4.69, 9.17) is 9.15 Å². The van der Waals surface area contributed by atoms with Crippen molar-refractivity contribution in [2.24, 2.45) is 5.92 Å². The summed E-state index contributed by atoms with van der Waals surface area (Å²) in [5, 5.41) is 9.86. The summed E-state index contributed by atoms with van der Waals surface area (Å²) in [6, 6.07) is 3.03. The van der Waals surface area contributed by atoms with Gasteiger partial charge in [0.15, 0.2) is 0 Å². The Balaban J connectivity index is 2.73. The number of esters is 1. The zero-order valence-electron chi connectivity index (χ0n) is 9.60. The first-order valence-corrected chi connectivity index (χ1v) is 4.95.